The topological polar surface area (TPSA) is 26.0 Å². The molecule has 70 valence electrons. The fraction of sp³-hybridized carbons (Fsp3) is 0.273. The number of rotatable bonds is 2. The molecule has 2 N–H and O–H groups in total. The first-order valence-electron chi connectivity index (χ1n) is 4.19. The van der Waals surface area contributed by atoms with Crippen LogP contribution >= 0.6 is 15.9 Å². The summed E-state index contributed by atoms with van der Waals surface area (Å²) in [6.45, 7) is 7.85. The van der Waals surface area contributed by atoms with E-state index < -0.39 is 0 Å². The Balaban J connectivity index is 3.03. The summed E-state index contributed by atoms with van der Waals surface area (Å²) in [7, 11) is 0. The molecule has 1 nitrogen and oxygen atoms in total. The molecule has 0 aliphatic rings. The second-order valence-corrected chi connectivity index (χ2v) is 4.19. The van der Waals surface area contributed by atoms with Gasteiger partial charge in [-0.1, -0.05) is 40.2 Å². The molecule has 0 aromatic heterocycles. The van der Waals surface area contributed by atoms with Crippen LogP contribution in [0.25, 0.3) is 0 Å². The molecule has 1 atom stereocenters. The van der Waals surface area contributed by atoms with Crippen LogP contribution in [0.1, 0.15) is 24.1 Å². The average molecular weight is 240 g/mol. The van der Waals surface area contributed by atoms with Crippen LogP contribution in [0.2, 0.25) is 0 Å². The highest BCUT2D eigenvalue weighted by Gasteiger charge is 2.06. The SMILES string of the molecule is C=C(C)C(N)c1ccc(Br)c(C)c1. The molecular weight excluding hydrogens is 226 g/mol. The molecule has 0 aliphatic heterocycles. The van der Waals surface area contributed by atoms with E-state index in [1.807, 2.05) is 19.1 Å². The number of hydrogen-bond acceptors (Lipinski definition) is 1. The van der Waals surface area contributed by atoms with Gasteiger partial charge in [0.15, 0.2) is 0 Å². The first kappa shape index (κ1) is 10.5. The molecule has 2 heteroatoms. The number of benzene rings is 1. The second kappa shape index (κ2) is 4.07. The predicted molar refractivity (Wildman–Crippen MR) is 60.6 cm³/mol. The zero-order chi connectivity index (χ0) is 10.0. The van der Waals surface area contributed by atoms with Crippen LogP contribution in [-0.2, 0) is 0 Å². The van der Waals surface area contributed by atoms with E-state index in [0.29, 0.717) is 0 Å². The molecule has 0 saturated carbocycles. The van der Waals surface area contributed by atoms with Gasteiger partial charge in [0.2, 0.25) is 0 Å². The molecule has 1 rings (SSSR count). The van der Waals surface area contributed by atoms with Crippen molar-refractivity contribution in [1.82, 2.24) is 0 Å². The quantitative estimate of drug-likeness (QED) is 0.788. The fourth-order valence-corrected chi connectivity index (χ4v) is 1.39. The van der Waals surface area contributed by atoms with E-state index in [1.165, 1.54) is 5.56 Å². The Morgan fingerprint density at radius 2 is 2.15 bits per heavy atom. The smallest absolute Gasteiger partial charge is 0.0505 e. The summed E-state index contributed by atoms with van der Waals surface area (Å²) in [6, 6.07) is 6.08. The van der Waals surface area contributed by atoms with E-state index in [1.54, 1.807) is 0 Å². The summed E-state index contributed by atoms with van der Waals surface area (Å²) in [5.74, 6) is 0. The van der Waals surface area contributed by atoms with Crippen molar-refractivity contribution in [1.29, 1.82) is 0 Å². The Bertz CT molecular complexity index is 331. The molecule has 0 aliphatic carbocycles. The summed E-state index contributed by atoms with van der Waals surface area (Å²) < 4.78 is 1.12. The van der Waals surface area contributed by atoms with Crippen LogP contribution in [0.3, 0.4) is 0 Å². The van der Waals surface area contributed by atoms with E-state index in [0.717, 1.165) is 15.6 Å². The summed E-state index contributed by atoms with van der Waals surface area (Å²) in [5.41, 5.74) is 9.25. The van der Waals surface area contributed by atoms with Crippen LogP contribution in [0.15, 0.2) is 34.8 Å². The van der Waals surface area contributed by atoms with Crippen molar-refractivity contribution in [2.24, 2.45) is 5.73 Å². The van der Waals surface area contributed by atoms with Gasteiger partial charge in [-0.25, -0.2) is 0 Å². The standard InChI is InChI=1S/C11H14BrN/c1-7(2)11(13)9-4-5-10(12)8(3)6-9/h4-6,11H,1,13H2,2-3H3. The Morgan fingerprint density at radius 3 is 2.62 bits per heavy atom. The molecule has 0 amide bonds. The highest BCUT2D eigenvalue weighted by Crippen LogP contribution is 2.22. The van der Waals surface area contributed by atoms with Gasteiger partial charge in [0, 0.05) is 4.47 Å². The molecule has 0 radical (unpaired) electrons. The van der Waals surface area contributed by atoms with Crippen LogP contribution < -0.4 is 5.73 Å². The minimum atomic E-state index is -0.0493. The zero-order valence-electron chi connectivity index (χ0n) is 7.97. The van der Waals surface area contributed by atoms with Gasteiger partial charge in [-0.3, -0.25) is 0 Å². The van der Waals surface area contributed by atoms with Gasteiger partial charge >= 0.3 is 0 Å². The summed E-state index contributed by atoms with van der Waals surface area (Å²) >= 11 is 3.45. The second-order valence-electron chi connectivity index (χ2n) is 3.33. The minimum Gasteiger partial charge on any atom is -0.321 e. The predicted octanol–water partition coefficient (Wildman–Crippen LogP) is 3.33. The van der Waals surface area contributed by atoms with Gasteiger partial charge in [0.25, 0.3) is 0 Å². The maximum atomic E-state index is 5.94. The Hall–Kier alpha value is -0.600. The van der Waals surface area contributed by atoms with Crippen LogP contribution in [0, 0.1) is 6.92 Å². The average Bonchev–Trinajstić information content (AvgIpc) is 2.08. The van der Waals surface area contributed by atoms with Crippen molar-refractivity contribution in [2.45, 2.75) is 19.9 Å². The lowest BCUT2D eigenvalue weighted by molar-refractivity contribution is 0.849. The normalized spacial score (nSPS) is 12.6. The third kappa shape index (κ3) is 2.42. The highest BCUT2D eigenvalue weighted by molar-refractivity contribution is 9.10. The maximum Gasteiger partial charge on any atom is 0.0505 e. The molecule has 13 heavy (non-hydrogen) atoms. The van der Waals surface area contributed by atoms with Crippen molar-refractivity contribution in [2.75, 3.05) is 0 Å². The zero-order valence-corrected chi connectivity index (χ0v) is 9.56. The molecule has 1 aromatic carbocycles. The Kier molecular flexibility index (Phi) is 3.28. The van der Waals surface area contributed by atoms with E-state index in [-0.39, 0.29) is 6.04 Å². The van der Waals surface area contributed by atoms with Crippen LogP contribution in [-0.4, -0.2) is 0 Å². The third-order valence-corrected chi connectivity index (χ3v) is 2.96. The van der Waals surface area contributed by atoms with Crippen LogP contribution in [0.4, 0.5) is 0 Å². The molecular formula is C11H14BrN. The lowest BCUT2D eigenvalue weighted by atomic mass is 10.0. The summed E-state index contributed by atoms with van der Waals surface area (Å²) in [4.78, 5) is 0. The summed E-state index contributed by atoms with van der Waals surface area (Å²) in [5, 5.41) is 0. The molecule has 0 bridgehead atoms. The van der Waals surface area contributed by atoms with Crippen molar-refractivity contribution in [3.8, 4) is 0 Å². The van der Waals surface area contributed by atoms with E-state index in [9.17, 15) is 0 Å². The third-order valence-electron chi connectivity index (χ3n) is 2.07. The van der Waals surface area contributed by atoms with Crippen LogP contribution in [0.5, 0.6) is 0 Å². The monoisotopic (exact) mass is 239 g/mol. The largest absolute Gasteiger partial charge is 0.321 e. The Morgan fingerprint density at radius 1 is 1.54 bits per heavy atom. The number of halogens is 1. The van der Waals surface area contributed by atoms with Crippen molar-refractivity contribution in [3.05, 3.63) is 46.0 Å². The van der Waals surface area contributed by atoms with Crippen molar-refractivity contribution < 1.29 is 0 Å². The van der Waals surface area contributed by atoms with Gasteiger partial charge in [0.1, 0.15) is 0 Å². The van der Waals surface area contributed by atoms with Crippen molar-refractivity contribution >= 4 is 15.9 Å². The van der Waals surface area contributed by atoms with Gasteiger partial charge in [-0.15, -0.1) is 0 Å². The molecule has 0 spiro atoms. The van der Waals surface area contributed by atoms with Gasteiger partial charge < -0.3 is 5.73 Å². The van der Waals surface area contributed by atoms with E-state index in [2.05, 4.69) is 35.5 Å². The fourth-order valence-electron chi connectivity index (χ4n) is 1.15. The highest BCUT2D eigenvalue weighted by atomic mass is 79.9. The number of nitrogens with two attached hydrogens (primary N) is 1. The first-order chi connectivity index (χ1) is 6.02. The first-order valence-corrected chi connectivity index (χ1v) is 4.98. The summed E-state index contributed by atoms with van der Waals surface area (Å²) in [6.07, 6.45) is 0. The number of aryl methyl sites for hydroxylation is 1. The van der Waals surface area contributed by atoms with Gasteiger partial charge in [0.05, 0.1) is 6.04 Å². The molecule has 0 fully saturated rings. The van der Waals surface area contributed by atoms with E-state index in [4.69, 9.17) is 5.73 Å². The molecule has 0 saturated heterocycles. The lowest BCUT2D eigenvalue weighted by Gasteiger charge is -2.12. The van der Waals surface area contributed by atoms with E-state index >= 15 is 0 Å². The molecule has 1 unspecified atom stereocenters. The molecule has 1 aromatic rings. The molecule has 0 heterocycles. The minimum absolute atomic E-state index is 0.0493. The maximum absolute atomic E-state index is 5.94. The van der Waals surface area contributed by atoms with Gasteiger partial charge in [-0.05, 0) is 31.0 Å². The lowest BCUT2D eigenvalue weighted by Crippen LogP contribution is -2.10. The van der Waals surface area contributed by atoms with Gasteiger partial charge in [-0.2, -0.15) is 0 Å². The Labute approximate surface area is 87.8 Å². The van der Waals surface area contributed by atoms with Crippen molar-refractivity contribution in [3.63, 3.8) is 0 Å². The number of hydrogen-bond donors (Lipinski definition) is 1.